The fourth-order valence-corrected chi connectivity index (χ4v) is 6.25. The minimum atomic E-state index is -1.86. The minimum Gasteiger partial charge on any atom is -0.410 e. The summed E-state index contributed by atoms with van der Waals surface area (Å²) >= 11 is 1.53. The summed E-state index contributed by atoms with van der Waals surface area (Å²) < 4.78 is 13.1. The predicted molar refractivity (Wildman–Crippen MR) is 102 cm³/mol. The molecule has 1 rings (SSSR count). The van der Waals surface area contributed by atoms with Gasteiger partial charge in [0.2, 0.25) is 0 Å². The Morgan fingerprint density at radius 3 is 1.68 bits per heavy atom. The Balaban J connectivity index is 2.87. The van der Waals surface area contributed by atoms with Crippen molar-refractivity contribution in [3.63, 3.8) is 0 Å². The first kappa shape index (κ1) is 20.7. The van der Waals surface area contributed by atoms with Gasteiger partial charge in [-0.2, -0.15) is 0 Å². The molecular weight excluding hydrogens is 328 g/mol. The molecule has 3 nitrogen and oxygen atoms in total. The van der Waals surface area contributed by atoms with Crippen LogP contribution in [-0.4, -0.2) is 38.7 Å². The highest BCUT2D eigenvalue weighted by atomic mass is 32.2. The standard InChI is InChI=1S/C16H36O3SSi2/c1-15(2,3)21(7,8)18-12-11-13(17)20-14(12)19-22(9,10)16(4,5)6/h12-14,17H,11H2,1-10H3/t12-,13?,14-/m0/s1. The van der Waals surface area contributed by atoms with Crippen LogP contribution in [0.15, 0.2) is 0 Å². The first-order chi connectivity index (χ1) is 9.57. The van der Waals surface area contributed by atoms with Crippen LogP contribution in [0.1, 0.15) is 48.0 Å². The molecule has 0 aromatic rings. The van der Waals surface area contributed by atoms with Crippen molar-refractivity contribution in [2.24, 2.45) is 0 Å². The van der Waals surface area contributed by atoms with E-state index in [1.807, 2.05) is 0 Å². The molecule has 0 aromatic carbocycles. The van der Waals surface area contributed by atoms with Crippen LogP contribution in [0.25, 0.3) is 0 Å². The average Bonchev–Trinajstić information content (AvgIpc) is 2.53. The van der Waals surface area contributed by atoms with E-state index in [-0.39, 0.29) is 27.1 Å². The summed E-state index contributed by atoms with van der Waals surface area (Å²) in [5, 5.41) is 10.4. The third-order valence-electron chi connectivity index (χ3n) is 5.50. The molecule has 1 N–H and O–H groups in total. The third-order valence-corrected chi connectivity index (χ3v) is 15.8. The monoisotopic (exact) mass is 364 g/mol. The molecule has 1 unspecified atom stereocenters. The van der Waals surface area contributed by atoms with Crippen molar-refractivity contribution in [3.05, 3.63) is 0 Å². The van der Waals surface area contributed by atoms with Crippen LogP contribution in [0.2, 0.25) is 36.3 Å². The van der Waals surface area contributed by atoms with Gasteiger partial charge in [0.25, 0.3) is 0 Å². The molecule has 1 aliphatic rings. The van der Waals surface area contributed by atoms with Gasteiger partial charge in [0.05, 0.1) is 6.10 Å². The third kappa shape index (κ3) is 4.83. The van der Waals surface area contributed by atoms with E-state index in [1.165, 1.54) is 11.8 Å². The van der Waals surface area contributed by atoms with E-state index in [0.29, 0.717) is 6.42 Å². The van der Waals surface area contributed by atoms with Gasteiger partial charge in [0.15, 0.2) is 16.6 Å². The molecule has 1 aliphatic heterocycles. The highest BCUT2D eigenvalue weighted by molar-refractivity contribution is 8.00. The van der Waals surface area contributed by atoms with Crippen molar-refractivity contribution >= 4 is 28.4 Å². The van der Waals surface area contributed by atoms with E-state index in [0.717, 1.165) is 0 Å². The summed E-state index contributed by atoms with van der Waals surface area (Å²) in [7, 11) is -3.71. The lowest BCUT2D eigenvalue weighted by Gasteiger charge is -2.42. The maximum atomic E-state index is 10.1. The zero-order valence-electron chi connectivity index (χ0n) is 16.1. The van der Waals surface area contributed by atoms with E-state index >= 15 is 0 Å². The Hall–Kier alpha value is 0.664. The second-order valence-corrected chi connectivity index (χ2v) is 20.3. The molecule has 1 saturated heterocycles. The van der Waals surface area contributed by atoms with Crippen LogP contribution >= 0.6 is 11.8 Å². The maximum absolute atomic E-state index is 10.1. The van der Waals surface area contributed by atoms with Gasteiger partial charge in [0, 0.05) is 6.42 Å². The van der Waals surface area contributed by atoms with Crippen molar-refractivity contribution in [3.8, 4) is 0 Å². The second kappa shape index (κ2) is 6.52. The van der Waals surface area contributed by atoms with Gasteiger partial charge in [-0.25, -0.2) is 0 Å². The van der Waals surface area contributed by atoms with E-state index in [4.69, 9.17) is 8.85 Å². The molecule has 0 radical (unpaired) electrons. The molecule has 1 heterocycles. The highest BCUT2D eigenvalue weighted by Gasteiger charge is 2.48. The topological polar surface area (TPSA) is 38.7 Å². The molecule has 22 heavy (non-hydrogen) atoms. The summed E-state index contributed by atoms with van der Waals surface area (Å²) in [6, 6.07) is 0. The summed E-state index contributed by atoms with van der Waals surface area (Å²) in [5.41, 5.74) is -0.408. The molecule has 3 atom stereocenters. The number of rotatable bonds is 4. The summed E-state index contributed by atoms with van der Waals surface area (Å²) in [6.45, 7) is 22.6. The Morgan fingerprint density at radius 2 is 1.27 bits per heavy atom. The van der Waals surface area contributed by atoms with Gasteiger partial charge in [-0.1, -0.05) is 53.3 Å². The number of thioether (sulfide) groups is 1. The normalized spacial score (nSPS) is 28.2. The van der Waals surface area contributed by atoms with Gasteiger partial charge in [-0.3, -0.25) is 0 Å². The van der Waals surface area contributed by atoms with Crippen molar-refractivity contribution < 1.29 is 14.0 Å². The zero-order valence-corrected chi connectivity index (χ0v) is 18.9. The molecule has 0 bridgehead atoms. The van der Waals surface area contributed by atoms with Crippen LogP contribution in [0.5, 0.6) is 0 Å². The van der Waals surface area contributed by atoms with Gasteiger partial charge in [-0.15, -0.1) is 0 Å². The Labute approximate surface area is 143 Å². The van der Waals surface area contributed by atoms with Crippen LogP contribution in [0, 0.1) is 0 Å². The Morgan fingerprint density at radius 1 is 0.864 bits per heavy atom. The smallest absolute Gasteiger partial charge is 0.193 e. The highest BCUT2D eigenvalue weighted by Crippen LogP contribution is 2.46. The van der Waals surface area contributed by atoms with Crippen molar-refractivity contribution in [1.82, 2.24) is 0 Å². The van der Waals surface area contributed by atoms with Crippen molar-refractivity contribution in [2.75, 3.05) is 0 Å². The predicted octanol–water partition coefficient (Wildman–Crippen LogP) is 5.18. The summed E-state index contributed by atoms with van der Waals surface area (Å²) in [4.78, 5) is 0. The largest absolute Gasteiger partial charge is 0.410 e. The quantitative estimate of drug-likeness (QED) is 0.698. The number of hydrogen-bond acceptors (Lipinski definition) is 4. The number of aliphatic hydroxyl groups excluding tert-OH is 1. The lowest BCUT2D eigenvalue weighted by molar-refractivity contribution is 0.0781. The van der Waals surface area contributed by atoms with Gasteiger partial charge >= 0.3 is 0 Å². The van der Waals surface area contributed by atoms with E-state index < -0.39 is 16.6 Å². The van der Waals surface area contributed by atoms with E-state index in [2.05, 4.69) is 67.7 Å². The maximum Gasteiger partial charge on any atom is 0.193 e. The van der Waals surface area contributed by atoms with E-state index in [9.17, 15) is 5.11 Å². The number of aliphatic hydroxyl groups is 1. The molecular formula is C16H36O3SSi2. The first-order valence-electron chi connectivity index (χ1n) is 8.26. The molecule has 0 aromatic heterocycles. The average molecular weight is 365 g/mol. The van der Waals surface area contributed by atoms with Gasteiger partial charge < -0.3 is 14.0 Å². The van der Waals surface area contributed by atoms with Gasteiger partial charge in [0.1, 0.15) is 10.9 Å². The molecule has 0 aliphatic carbocycles. The minimum absolute atomic E-state index is 0.00927. The van der Waals surface area contributed by atoms with Crippen molar-refractivity contribution in [2.45, 2.75) is 101 Å². The lowest BCUT2D eigenvalue weighted by atomic mass is 10.2. The zero-order chi connectivity index (χ0) is 17.6. The first-order valence-corrected chi connectivity index (χ1v) is 15.0. The van der Waals surface area contributed by atoms with Crippen molar-refractivity contribution in [1.29, 1.82) is 0 Å². The second-order valence-electron chi connectivity index (χ2n) is 9.49. The van der Waals surface area contributed by atoms with E-state index in [1.54, 1.807) is 0 Å². The molecule has 1 fully saturated rings. The number of hydrogen-bond donors (Lipinski definition) is 1. The Kier molecular flexibility index (Phi) is 6.14. The summed E-state index contributed by atoms with van der Waals surface area (Å²) in [5.74, 6) is 0. The molecule has 6 heteroatoms. The van der Waals surface area contributed by atoms with Crippen LogP contribution in [0.3, 0.4) is 0 Å². The van der Waals surface area contributed by atoms with Gasteiger partial charge in [-0.05, 0) is 36.3 Å². The lowest BCUT2D eigenvalue weighted by Crippen LogP contribution is -2.49. The summed E-state index contributed by atoms with van der Waals surface area (Å²) in [6.07, 6.45) is 0.686. The van der Waals surface area contributed by atoms with Crippen LogP contribution in [0.4, 0.5) is 0 Å². The molecule has 0 amide bonds. The Bertz CT molecular complexity index is 350. The fraction of sp³-hybridized carbons (Fsp3) is 1.00. The molecule has 132 valence electrons. The molecule has 0 spiro atoms. The van der Waals surface area contributed by atoms with Crippen LogP contribution in [-0.2, 0) is 8.85 Å². The molecule has 0 saturated carbocycles. The van der Waals surface area contributed by atoms with Crippen LogP contribution < -0.4 is 0 Å². The SMILES string of the molecule is CC(C)(C)[Si](C)(C)O[C@H]1CC(O)S[C@@H]1O[Si](C)(C)C(C)(C)C. The fourth-order valence-electron chi connectivity index (χ4n) is 1.84.